The van der Waals surface area contributed by atoms with Crippen LogP contribution in [0.3, 0.4) is 0 Å². The highest BCUT2D eigenvalue weighted by Crippen LogP contribution is 2.37. The molecule has 2 aliphatic rings. The standard InChI is InChI=1S/C40H31N5O13S3/c1-57-32-18-22(11-15-29(32)42-44-31-21-35(60(51,52)53)28-9-6-10-34(59(48,49)50)37(28)40(31)47)23-12-16-30(33(19-23)58-2)43-45-38-36(61(54,55)56)20-24-17-26(13-14-27(24)39(38)46)41-25-7-4-3-5-8-25/h3-21,41-43H,1-2H3,(H,48,49,50)(H,51,52,53)(H,54,55,56)/b44-31-,45-38+. The van der Waals surface area contributed by atoms with E-state index in [1.165, 1.54) is 32.4 Å². The Kier molecular flexibility index (Phi) is 11.2. The summed E-state index contributed by atoms with van der Waals surface area (Å²) in [5, 5.41) is 11.2. The topological polar surface area (TPSA) is 277 Å². The first-order valence-corrected chi connectivity index (χ1v) is 21.8. The van der Waals surface area contributed by atoms with E-state index >= 15 is 0 Å². The summed E-state index contributed by atoms with van der Waals surface area (Å²) in [4.78, 5) is 24.6. The highest BCUT2D eigenvalue weighted by atomic mass is 32.2. The van der Waals surface area contributed by atoms with Crippen LogP contribution >= 0.6 is 0 Å². The number of ether oxygens (including phenoxy) is 2. The van der Waals surface area contributed by atoms with Gasteiger partial charge in [0, 0.05) is 22.5 Å². The quantitative estimate of drug-likeness (QED) is 0.0606. The first-order chi connectivity index (χ1) is 28.9. The Morgan fingerprint density at radius 2 is 1.16 bits per heavy atom. The molecule has 5 aromatic carbocycles. The van der Waals surface area contributed by atoms with E-state index in [1.54, 1.807) is 36.4 Å². The highest BCUT2D eigenvalue weighted by molar-refractivity contribution is 7.95. The SMILES string of the molecule is COc1cc(-c2ccc(N/N=C3/C(=O)c4ccc(Nc5ccccc5)cc4C=C3S(=O)(=O)O)c(OC)c2)ccc1N/N=C1/C=C(S(=O)(=O)O)c2cccc(S(=O)(=O)O)c2C1=O. The molecule has 0 heterocycles. The summed E-state index contributed by atoms with van der Waals surface area (Å²) in [6, 6.07) is 26.4. The van der Waals surface area contributed by atoms with Gasteiger partial charge in [0.1, 0.15) is 31.9 Å². The Hall–Kier alpha value is -7.01. The van der Waals surface area contributed by atoms with Crippen molar-refractivity contribution >= 4 is 87.1 Å². The number of nitrogens with one attached hydrogen (secondary N) is 3. The van der Waals surface area contributed by atoms with Gasteiger partial charge in [-0.3, -0.25) is 34.1 Å². The minimum absolute atomic E-state index is 0.147. The van der Waals surface area contributed by atoms with Crippen molar-refractivity contribution in [2.75, 3.05) is 30.4 Å². The van der Waals surface area contributed by atoms with Gasteiger partial charge in [0.05, 0.1) is 31.2 Å². The maximum atomic E-state index is 13.6. The van der Waals surface area contributed by atoms with Gasteiger partial charge in [0.2, 0.25) is 11.6 Å². The van der Waals surface area contributed by atoms with E-state index in [-0.39, 0.29) is 34.0 Å². The number of allylic oxidation sites excluding steroid dienone is 2. The first-order valence-electron chi connectivity index (χ1n) is 17.5. The molecule has 0 radical (unpaired) electrons. The van der Waals surface area contributed by atoms with Gasteiger partial charge in [-0.25, -0.2) is 0 Å². The molecule has 0 bridgehead atoms. The van der Waals surface area contributed by atoms with Crippen molar-refractivity contribution < 1.29 is 58.0 Å². The second-order valence-electron chi connectivity index (χ2n) is 13.1. The van der Waals surface area contributed by atoms with Gasteiger partial charge in [0.25, 0.3) is 30.4 Å². The van der Waals surface area contributed by atoms with E-state index in [9.17, 15) is 48.5 Å². The van der Waals surface area contributed by atoms with Gasteiger partial charge in [-0.2, -0.15) is 35.5 Å². The molecule has 5 aromatic rings. The summed E-state index contributed by atoms with van der Waals surface area (Å²) in [6.07, 6.45) is 1.90. The molecular formula is C40H31N5O13S3. The molecule has 0 unspecified atom stereocenters. The third-order valence-electron chi connectivity index (χ3n) is 9.27. The molecule has 0 aliphatic heterocycles. The third kappa shape index (κ3) is 8.68. The Balaban J connectivity index is 1.15. The fraction of sp³-hybridized carbons (Fsp3) is 0.0500. The van der Waals surface area contributed by atoms with E-state index in [1.807, 2.05) is 30.3 Å². The van der Waals surface area contributed by atoms with Crippen molar-refractivity contribution in [2.24, 2.45) is 10.2 Å². The zero-order chi connectivity index (χ0) is 43.9. The summed E-state index contributed by atoms with van der Waals surface area (Å²) in [5.74, 6) is -1.47. The Bertz CT molecular complexity index is 3150. The van der Waals surface area contributed by atoms with Crippen LogP contribution in [0, 0.1) is 0 Å². The number of fused-ring (bicyclic) bond motifs is 2. The van der Waals surface area contributed by atoms with E-state index in [4.69, 9.17) is 9.47 Å². The van der Waals surface area contributed by atoms with Crippen molar-refractivity contribution in [3.8, 4) is 22.6 Å². The second-order valence-corrected chi connectivity index (χ2v) is 17.3. The number of methoxy groups -OCH3 is 2. The van der Waals surface area contributed by atoms with Gasteiger partial charge < -0.3 is 14.8 Å². The lowest BCUT2D eigenvalue weighted by atomic mass is 9.94. The maximum absolute atomic E-state index is 13.6. The molecule has 21 heteroatoms. The van der Waals surface area contributed by atoms with E-state index < -0.39 is 79.2 Å². The maximum Gasteiger partial charge on any atom is 0.296 e. The van der Waals surface area contributed by atoms with Crippen LogP contribution in [-0.2, 0) is 30.4 Å². The van der Waals surface area contributed by atoms with Crippen LogP contribution in [-0.4, -0.2) is 76.1 Å². The van der Waals surface area contributed by atoms with Crippen LogP contribution in [0.15, 0.2) is 129 Å². The average Bonchev–Trinajstić information content (AvgIpc) is 3.22. The molecule has 0 fully saturated rings. The number of ketones is 2. The van der Waals surface area contributed by atoms with E-state index in [2.05, 4.69) is 26.4 Å². The number of nitrogens with zero attached hydrogens (tertiary/aromatic N) is 2. The molecule has 61 heavy (non-hydrogen) atoms. The molecule has 312 valence electrons. The number of benzene rings is 5. The van der Waals surface area contributed by atoms with Gasteiger partial charge in [-0.05, 0) is 89.5 Å². The normalized spacial score (nSPS) is 15.4. The fourth-order valence-electron chi connectivity index (χ4n) is 6.45. The second kappa shape index (κ2) is 16.2. The Labute approximate surface area is 348 Å². The van der Waals surface area contributed by atoms with Gasteiger partial charge in [-0.1, -0.05) is 42.5 Å². The fourth-order valence-corrected chi connectivity index (χ4v) is 8.53. The van der Waals surface area contributed by atoms with Crippen LogP contribution in [0.2, 0.25) is 0 Å². The number of carbonyl (C=O) groups is 2. The number of hydrazone groups is 2. The molecule has 0 atom stereocenters. The number of Topliss-reactive ketones (excluding diaryl/α,β-unsaturated/α-hetero) is 2. The largest absolute Gasteiger partial charge is 0.494 e. The van der Waals surface area contributed by atoms with E-state index in [0.717, 1.165) is 36.0 Å². The first kappa shape index (κ1) is 42.1. The third-order valence-corrected chi connectivity index (χ3v) is 11.9. The number of anilines is 4. The zero-order valence-corrected chi connectivity index (χ0v) is 34.0. The summed E-state index contributed by atoms with van der Waals surface area (Å²) in [5.41, 5.74) is 6.10. The van der Waals surface area contributed by atoms with Crippen molar-refractivity contribution in [1.82, 2.24) is 0 Å². The predicted molar refractivity (Wildman–Crippen MR) is 227 cm³/mol. The lowest BCUT2D eigenvalue weighted by Crippen LogP contribution is -2.27. The van der Waals surface area contributed by atoms with Crippen LogP contribution in [0.4, 0.5) is 22.7 Å². The van der Waals surface area contributed by atoms with Crippen molar-refractivity contribution in [3.63, 3.8) is 0 Å². The Morgan fingerprint density at radius 3 is 1.74 bits per heavy atom. The lowest BCUT2D eigenvalue weighted by Gasteiger charge is -2.18. The molecular weight excluding hydrogens is 855 g/mol. The number of rotatable bonds is 12. The lowest BCUT2D eigenvalue weighted by molar-refractivity contribution is 0.105. The monoisotopic (exact) mass is 885 g/mol. The predicted octanol–water partition coefficient (Wildman–Crippen LogP) is 6.15. The number of hydrogen-bond donors (Lipinski definition) is 6. The molecule has 0 saturated carbocycles. The summed E-state index contributed by atoms with van der Waals surface area (Å²) >= 11 is 0. The van der Waals surface area contributed by atoms with Crippen molar-refractivity contribution in [1.29, 1.82) is 0 Å². The van der Waals surface area contributed by atoms with Crippen LogP contribution in [0.5, 0.6) is 11.5 Å². The summed E-state index contributed by atoms with van der Waals surface area (Å²) < 4.78 is 114. The number of para-hydroxylation sites is 1. The Morgan fingerprint density at radius 1 is 0.557 bits per heavy atom. The summed E-state index contributed by atoms with van der Waals surface area (Å²) in [7, 11) is -12.3. The average molecular weight is 886 g/mol. The minimum Gasteiger partial charge on any atom is -0.494 e. The molecule has 2 aliphatic carbocycles. The van der Waals surface area contributed by atoms with Gasteiger partial charge >= 0.3 is 0 Å². The van der Waals surface area contributed by atoms with Crippen molar-refractivity contribution in [3.05, 3.63) is 136 Å². The number of carbonyl (C=O) groups excluding carboxylic acids is 2. The summed E-state index contributed by atoms with van der Waals surface area (Å²) in [6.45, 7) is 0. The van der Waals surface area contributed by atoms with Crippen LogP contribution < -0.4 is 25.6 Å². The van der Waals surface area contributed by atoms with Gasteiger partial charge in [0.15, 0.2) is 5.71 Å². The van der Waals surface area contributed by atoms with Gasteiger partial charge in [-0.15, -0.1) is 0 Å². The molecule has 0 amide bonds. The van der Waals surface area contributed by atoms with E-state index in [0.29, 0.717) is 16.8 Å². The molecule has 0 spiro atoms. The smallest absolute Gasteiger partial charge is 0.296 e. The number of hydrogen-bond acceptors (Lipinski definition) is 15. The molecule has 7 rings (SSSR count). The zero-order valence-electron chi connectivity index (χ0n) is 31.5. The molecule has 0 aromatic heterocycles. The van der Waals surface area contributed by atoms with Crippen LogP contribution in [0.25, 0.3) is 22.1 Å². The van der Waals surface area contributed by atoms with Crippen molar-refractivity contribution in [2.45, 2.75) is 4.90 Å². The van der Waals surface area contributed by atoms with Crippen LogP contribution in [0.1, 0.15) is 31.8 Å². The molecule has 18 nitrogen and oxygen atoms in total. The minimum atomic E-state index is -5.02. The highest BCUT2D eigenvalue weighted by Gasteiger charge is 2.36. The molecule has 6 N–H and O–H groups in total. The molecule has 0 saturated heterocycles.